The maximum absolute atomic E-state index is 10.2. The lowest BCUT2D eigenvalue weighted by Crippen LogP contribution is -2.67. The first-order chi connectivity index (χ1) is 12.3. The molecule has 140 valence electrons. The average molecular weight is 373 g/mol. The van der Waals surface area contributed by atoms with Crippen LogP contribution in [0.3, 0.4) is 0 Å². The Bertz CT molecular complexity index is 659. The molecule has 2 aromatic rings. The third-order valence-electron chi connectivity index (χ3n) is 5.09. The monoisotopic (exact) mass is 372 g/mol. The minimum absolute atomic E-state index is 0.127. The van der Waals surface area contributed by atoms with Crippen LogP contribution in [-0.4, -0.2) is 43.6 Å². The predicted molar refractivity (Wildman–Crippen MR) is 105 cm³/mol. The van der Waals surface area contributed by atoms with Crippen LogP contribution in [-0.2, 0) is 9.16 Å². The molecule has 0 bridgehead atoms. The predicted octanol–water partition coefficient (Wildman–Crippen LogP) is 2.03. The van der Waals surface area contributed by atoms with Crippen molar-refractivity contribution in [1.29, 1.82) is 0 Å². The van der Waals surface area contributed by atoms with Gasteiger partial charge in [-0.25, -0.2) is 0 Å². The van der Waals surface area contributed by atoms with E-state index in [-0.39, 0.29) is 18.1 Å². The van der Waals surface area contributed by atoms with Gasteiger partial charge in [-0.2, -0.15) is 0 Å². The molecule has 26 heavy (non-hydrogen) atoms. The summed E-state index contributed by atoms with van der Waals surface area (Å²) in [5.74, 6) is 0. The van der Waals surface area contributed by atoms with Crippen molar-refractivity contribution in [2.24, 2.45) is 0 Å². The molecule has 1 saturated heterocycles. The molecule has 0 spiro atoms. The lowest BCUT2D eigenvalue weighted by Gasteiger charge is -2.43. The van der Waals surface area contributed by atoms with Gasteiger partial charge in [0.15, 0.2) is 6.29 Å². The summed E-state index contributed by atoms with van der Waals surface area (Å²) in [5, 5.41) is 22.1. The van der Waals surface area contributed by atoms with Crippen molar-refractivity contribution in [1.82, 2.24) is 0 Å². The van der Waals surface area contributed by atoms with Gasteiger partial charge in [0.1, 0.15) is 6.10 Å². The van der Waals surface area contributed by atoms with Gasteiger partial charge in [-0.3, -0.25) is 0 Å². The fourth-order valence-corrected chi connectivity index (χ4v) is 8.40. The van der Waals surface area contributed by atoms with Crippen molar-refractivity contribution in [3.8, 4) is 0 Å². The van der Waals surface area contributed by atoms with Crippen molar-refractivity contribution in [3.05, 3.63) is 60.7 Å². The van der Waals surface area contributed by atoms with E-state index < -0.39 is 26.8 Å². The van der Waals surface area contributed by atoms with E-state index in [4.69, 9.17) is 9.16 Å². The van der Waals surface area contributed by atoms with E-state index in [1.54, 1.807) is 0 Å². The molecule has 3 atom stereocenters. The van der Waals surface area contributed by atoms with Crippen molar-refractivity contribution in [2.75, 3.05) is 6.61 Å². The Hall–Kier alpha value is -1.50. The Labute approximate surface area is 156 Å². The Morgan fingerprint density at radius 1 is 0.962 bits per heavy atom. The zero-order valence-corrected chi connectivity index (χ0v) is 16.6. The summed E-state index contributed by atoms with van der Waals surface area (Å²) in [6.07, 6.45) is -1.90. The number of hydrogen-bond donors (Lipinski definition) is 2. The van der Waals surface area contributed by atoms with Crippen LogP contribution in [0.2, 0.25) is 5.04 Å². The summed E-state index contributed by atoms with van der Waals surface area (Å²) in [7, 11) is -2.64. The summed E-state index contributed by atoms with van der Waals surface area (Å²) < 4.78 is 12.2. The van der Waals surface area contributed by atoms with Crippen LogP contribution in [0.25, 0.3) is 0 Å². The topological polar surface area (TPSA) is 58.9 Å². The Kier molecular flexibility index (Phi) is 5.65. The molecule has 1 aliphatic rings. The van der Waals surface area contributed by atoms with Crippen LogP contribution in [0, 0.1) is 0 Å². The van der Waals surface area contributed by atoms with E-state index in [1.807, 2.05) is 36.4 Å². The van der Waals surface area contributed by atoms with Gasteiger partial charge >= 0.3 is 0 Å². The first kappa shape index (κ1) is 19.3. The van der Waals surface area contributed by atoms with Gasteiger partial charge in [-0.05, 0) is 15.4 Å². The molecule has 1 heterocycles. The maximum Gasteiger partial charge on any atom is 0.261 e. The normalized spacial score (nSPS) is 24.0. The second-order valence-corrected chi connectivity index (χ2v) is 12.2. The molecule has 0 unspecified atom stereocenters. The zero-order chi connectivity index (χ0) is 18.8. The molecule has 2 aromatic carbocycles. The highest BCUT2D eigenvalue weighted by molar-refractivity contribution is 6.99. The van der Waals surface area contributed by atoms with Gasteiger partial charge in [0.25, 0.3) is 8.32 Å². The van der Waals surface area contributed by atoms with Gasteiger partial charge < -0.3 is 19.4 Å². The standard InChI is InChI=1S/C21H28O4Si/c1-21(2,3)26(16-10-6-4-7-11-16,17-12-8-5-9-13-17)24-15-19-18(22)14-20(23)25-19/h4-13,18-20,22-23H,14-15H2,1-3H3/t18-,19+,20+/m0/s1. The second-order valence-electron chi connectivity index (χ2n) is 7.91. The molecule has 4 nitrogen and oxygen atoms in total. The van der Waals surface area contributed by atoms with E-state index in [0.717, 1.165) is 0 Å². The van der Waals surface area contributed by atoms with Crippen molar-refractivity contribution in [2.45, 2.75) is 50.7 Å². The Morgan fingerprint density at radius 2 is 1.46 bits per heavy atom. The molecule has 0 radical (unpaired) electrons. The number of rotatable bonds is 5. The first-order valence-corrected chi connectivity index (χ1v) is 11.0. The van der Waals surface area contributed by atoms with Gasteiger partial charge in [0, 0.05) is 6.42 Å². The van der Waals surface area contributed by atoms with Crippen LogP contribution in [0.15, 0.2) is 60.7 Å². The minimum Gasteiger partial charge on any atom is -0.405 e. The molecule has 1 fully saturated rings. The van der Waals surface area contributed by atoms with Crippen molar-refractivity contribution >= 4 is 18.7 Å². The summed E-state index contributed by atoms with van der Waals surface area (Å²) in [6, 6.07) is 20.7. The number of benzene rings is 2. The number of hydrogen-bond acceptors (Lipinski definition) is 4. The fraction of sp³-hybridized carbons (Fsp3) is 0.429. The maximum atomic E-state index is 10.2. The third-order valence-corrected chi connectivity index (χ3v) is 10.1. The average Bonchev–Trinajstić information content (AvgIpc) is 2.94. The molecule has 0 saturated carbocycles. The molecule has 2 N–H and O–H groups in total. The summed E-state index contributed by atoms with van der Waals surface area (Å²) in [4.78, 5) is 0. The van der Waals surface area contributed by atoms with E-state index in [0.29, 0.717) is 0 Å². The smallest absolute Gasteiger partial charge is 0.261 e. The molecule has 1 aliphatic heterocycles. The molecule has 0 aliphatic carbocycles. The van der Waals surface area contributed by atoms with Crippen molar-refractivity contribution < 1.29 is 19.4 Å². The zero-order valence-electron chi connectivity index (χ0n) is 15.6. The van der Waals surface area contributed by atoms with Crippen molar-refractivity contribution in [3.63, 3.8) is 0 Å². The number of aliphatic hydroxyl groups is 2. The largest absolute Gasteiger partial charge is 0.405 e. The van der Waals surface area contributed by atoms with Crippen LogP contribution in [0.1, 0.15) is 27.2 Å². The lowest BCUT2D eigenvalue weighted by molar-refractivity contribution is -0.105. The molecule has 0 aromatic heterocycles. The van der Waals surface area contributed by atoms with E-state index >= 15 is 0 Å². The Morgan fingerprint density at radius 3 is 1.85 bits per heavy atom. The molecular weight excluding hydrogens is 344 g/mol. The van der Waals surface area contributed by atoms with E-state index in [1.165, 1.54) is 10.4 Å². The van der Waals surface area contributed by atoms with Crippen LogP contribution in [0.5, 0.6) is 0 Å². The highest BCUT2D eigenvalue weighted by Gasteiger charge is 2.51. The SMILES string of the molecule is CC(C)(C)[Si](OC[C@H]1O[C@@H](O)C[C@@H]1O)(c1ccccc1)c1ccccc1. The summed E-state index contributed by atoms with van der Waals surface area (Å²) >= 11 is 0. The molecule has 3 rings (SSSR count). The molecule has 5 heteroatoms. The van der Waals surface area contributed by atoms with Gasteiger partial charge in [0.05, 0.1) is 12.7 Å². The summed E-state index contributed by atoms with van der Waals surface area (Å²) in [5.41, 5.74) is 0. The van der Waals surface area contributed by atoms with Crippen LogP contribution < -0.4 is 10.4 Å². The van der Waals surface area contributed by atoms with Crippen LogP contribution >= 0.6 is 0 Å². The van der Waals surface area contributed by atoms with Crippen LogP contribution in [0.4, 0.5) is 0 Å². The lowest BCUT2D eigenvalue weighted by atomic mass is 10.2. The molecule has 0 amide bonds. The van der Waals surface area contributed by atoms with Gasteiger partial charge in [-0.15, -0.1) is 0 Å². The highest BCUT2D eigenvalue weighted by Crippen LogP contribution is 2.37. The van der Waals surface area contributed by atoms with E-state index in [9.17, 15) is 10.2 Å². The van der Waals surface area contributed by atoms with E-state index in [2.05, 4.69) is 45.0 Å². The number of aliphatic hydroxyl groups excluding tert-OH is 2. The Balaban J connectivity index is 2.03. The van der Waals surface area contributed by atoms with Gasteiger partial charge in [-0.1, -0.05) is 81.4 Å². The third kappa shape index (κ3) is 3.63. The number of ether oxygens (including phenoxy) is 1. The second kappa shape index (κ2) is 7.62. The minimum atomic E-state index is -2.64. The molecular formula is C21H28O4Si. The fourth-order valence-electron chi connectivity index (χ4n) is 3.83. The summed E-state index contributed by atoms with van der Waals surface area (Å²) in [6.45, 7) is 6.88. The highest BCUT2D eigenvalue weighted by atomic mass is 28.4. The quantitative estimate of drug-likeness (QED) is 0.789. The van der Waals surface area contributed by atoms with Gasteiger partial charge in [0.2, 0.25) is 0 Å². The first-order valence-electron chi connectivity index (χ1n) is 9.11.